The minimum Gasteiger partial charge on any atom is -0.497 e. The molecule has 0 bridgehead atoms. The third-order valence-corrected chi connectivity index (χ3v) is 7.29. The average Bonchev–Trinajstić information content (AvgIpc) is 2.88. The second kappa shape index (κ2) is 11.4. The molecule has 0 unspecified atom stereocenters. The molecule has 0 aliphatic carbocycles. The summed E-state index contributed by atoms with van der Waals surface area (Å²) in [5, 5.41) is 0. The maximum Gasteiger partial charge on any atom is 0.227 e. The molecular formula is C28H36N2O3. The number of carbonyl (C=O) groups is 2. The summed E-state index contributed by atoms with van der Waals surface area (Å²) < 4.78 is 5.21. The standard InChI is InChI=1S/C28H36N2O3/c1-33-26-12-9-23(10-13-26)17-20-30-21-25(11-14-27(30)31)28(32)29-18-15-24(16-19-29)8-7-22-5-3-2-4-6-22/h2-6,9-10,12-13,24-25H,7-8,11,14-21H2,1H3/t25-/m1/s1. The zero-order valence-electron chi connectivity index (χ0n) is 19.7. The van der Waals surface area contributed by atoms with E-state index in [1.165, 1.54) is 17.5 Å². The highest BCUT2D eigenvalue weighted by molar-refractivity contribution is 5.84. The lowest BCUT2D eigenvalue weighted by Gasteiger charge is -2.38. The van der Waals surface area contributed by atoms with Crippen molar-refractivity contribution in [1.82, 2.24) is 9.80 Å². The molecule has 0 N–H and O–H groups in total. The van der Waals surface area contributed by atoms with Crippen LogP contribution in [0.4, 0.5) is 0 Å². The molecule has 5 nitrogen and oxygen atoms in total. The van der Waals surface area contributed by atoms with E-state index >= 15 is 0 Å². The van der Waals surface area contributed by atoms with Crippen molar-refractivity contribution in [1.29, 1.82) is 0 Å². The van der Waals surface area contributed by atoms with E-state index in [-0.39, 0.29) is 17.7 Å². The van der Waals surface area contributed by atoms with E-state index in [0.29, 0.717) is 31.8 Å². The summed E-state index contributed by atoms with van der Waals surface area (Å²) in [6, 6.07) is 18.6. The molecule has 176 valence electrons. The summed E-state index contributed by atoms with van der Waals surface area (Å²) in [6.45, 7) is 2.93. The van der Waals surface area contributed by atoms with Crippen LogP contribution in [0.5, 0.6) is 5.75 Å². The van der Waals surface area contributed by atoms with Crippen LogP contribution in [0.1, 0.15) is 43.2 Å². The number of benzene rings is 2. The van der Waals surface area contributed by atoms with Gasteiger partial charge in [-0.05, 0) is 67.7 Å². The van der Waals surface area contributed by atoms with Crippen molar-refractivity contribution in [3.05, 3.63) is 65.7 Å². The Kier molecular flexibility index (Phi) is 8.03. The molecule has 2 fully saturated rings. The number of piperidine rings is 2. The first-order valence-corrected chi connectivity index (χ1v) is 12.4. The van der Waals surface area contributed by atoms with E-state index in [4.69, 9.17) is 4.74 Å². The van der Waals surface area contributed by atoms with Crippen molar-refractivity contribution in [3.63, 3.8) is 0 Å². The lowest BCUT2D eigenvalue weighted by molar-refractivity contribution is -0.144. The van der Waals surface area contributed by atoms with Crippen LogP contribution in [-0.4, -0.2) is 54.9 Å². The summed E-state index contributed by atoms with van der Waals surface area (Å²) in [7, 11) is 1.66. The van der Waals surface area contributed by atoms with Gasteiger partial charge in [0.05, 0.1) is 13.0 Å². The first kappa shape index (κ1) is 23.3. The van der Waals surface area contributed by atoms with Gasteiger partial charge in [-0.1, -0.05) is 42.5 Å². The van der Waals surface area contributed by atoms with Gasteiger partial charge in [0.2, 0.25) is 11.8 Å². The van der Waals surface area contributed by atoms with Gasteiger partial charge in [0, 0.05) is 32.6 Å². The van der Waals surface area contributed by atoms with Crippen LogP contribution in [-0.2, 0) is 22.4 Å². The second-order valence-electron chi connectivity index (χ2n) is 9.47. The maximum atomic E-state index is 13.2. The molecule has 0 aromatic heterocycles. The van der Waals surface area contributed by atoms with Crippen LogP contribution in [0.2, 0.25) is 0 Å². The lowest BCUT2D eigenvalue weighted by atomic mass is 9.89. The van der Waals surface area contributed by atoms with E-state index in [0.717, 1.165) is 44.5 Å². The highest BCUT2D eigenvalue weighted by Gasteiger charge is 2.34. The van der Waals surface area contributed by atoms with Gasteiger partial charge in [-0.15, -0.1) is 0 Å². The van der Waals surface area contributed by atoms with E-state index in [2.05, 4.69) is 35.2 Å². The second-order valence-corrected chi connectivity index (χ2v) is 9.47. The molecule has 2 amide bonds. The quantitative estimate of drug-likeness (QED) is 0.603. The van der Waals surface area contributed by atoms with Gasteiger partial charge in [0.1, 0.15) is 5.75 Å². The fourth-order valence-corrected chi connectivity index (χ4v) is 5.10. The first-order chi connectivity index (χ1) is 16.1. The number of amides is 2. The third kappa shape index (κ3) is 6.37. The Morgan fingerprint density at radius 1 is 0.939 bits per heavy atom. The van der Waals surface area contributed by atoms with Crippen LogP contribution in [0.3, 0.4) is 0 Å². The van der Waals surface area contributed by atoms with Gasteiger partial charge in [0.25, 0.3) is 0 Å². The molecule has 1 atom stereocenters. The van der Waals surface area contributed by atoms with Crippen molar-refractivity contribution in [2.75, 3.05) is 33.3 Å². The van der Waals surface area contributed by atoms with E-state index < -0.39 is 0 Å². The SMILES string of the molecule is COc1ccc(CCN2C[C@H](C(=O)N3CCC(CCc4ccccc4)CC3)CCC2=O)cc1. The number of hydrogen-bond acceptors (Lipinski definition) is 3. The van der Waals surface area contributed by atoms with E-state index in [1.54, 1.807) is 7.11 Å². The first-order valence-electron chi connectivity index (χ1n) is 12.4. The minimum atomic E-state index is -0.0561. The van der Waals surface area contributed by atoms with Gasteiger partial charge in [-0.2, -0.15) is 0 Å². The van der Waals surface area contributed by atoms with Gasteiger partial charge in [-0.3, -0.25) is 9.59 Å². The number of ether oxygens (including phenoxy) is 1. The Morgan fingerprint density at radius 2 is 1.64 bits per heavy atom. The van der Waals surface area contributed by atoms with Crippen molar-refractivity contribution in [2.24, 2.45) is 11.8 Å². The Hall–Kier alpha value is -2.82. The number of likely N-dealkylation sites (tertiary alicyclic amines) is 2. The van der Waals surface area contributed by atoms with E-state index in [9.17, 15) is 9.59 Å². The number of carbonyl (C=O) groups excluding carboxylic acids is 2. The maximum absolute atomic E-state index is 13.2. The van der Waals surface area contributed by atoms with Crippen LogP contribution in [0.25, 0.3) is 0 Å². The molecule has 2 saturated heterocycles. The predicted molar refractivity (Wildman–Crippen MR) is 130 cm³/mol. The van der Waals surface area contributed by atoms with Crippen LogP contribution >= 0.6 is 0 Å². The molecular weight excluding hydrogens is 412 g/mol. The number of aryl methyl sites for hydroxylation is 1. The smallest absolute Gasteiger partial charge is 0.227 e. The van der Waals surface area contributed by atoms with Crippen LogP contribution in [0, 0.1) is 11.8 Å². The molecule has 0 spiro atoms. The Bertz CT molecular complexity index is 904. The monoisotopic (exact) mass is 448 g/mol. The molecule has 0 saturated carbocycles. The van der Waals surface area contributed by atoms with Gasteiger partial charge >= 0.3 is 0 Å². The zero-order valence-corrected chi connectivity index (χ0v) is 19.7. The van der Waals surface area contributed by atoms with Crippen LogP contribution < -0.4 is 4.74 Å². The van der Waals surface area contributed by atoms with Gasteiger partial charge in [-0.25, -0.2) is 0 Å². The number of methoxy groups -OCH3 is 1. The van der Waals surface area contributed by atoms with Gasteiger partial charge < -0.3 is 14.5 Å². The number of rotatable bonds is 8. The average molecular weight is 449 g/mol. The van der Waals surface area contributed by atoms with Crippen LogP contribution in [0.15, 0.2) is 54.6 Å². The Morgan fingerprint density at radius 3 is 2.33 bits per heavy atom. The normalized spacial score (nSPS) is 19.5. The molecule has 2 aliphatic rings. The largest absolute Gasteiger partial charge is 0.497 e. The highest BCUT2D eigenvalue weighted by atomic mass is 16.5. The summed E-state index contributed by atoms with van der Waals surface area (Å²) in [4.78, 5) is 29.6. The lowest BCUT2D eigenvalue weighted by Crippen LogP contribution is -2.49. The van der Waals surface area contributed by atoms with Crippen molar-refractivity contribution in [3.8, 4) is 5.75 Å². The van der Waals surface area contributed by atoms with Crippen molar-refractivity contribution >= 4 is 11.8 Å². The topological polar surface area (TPSA) is 49.9 Å². The summed E-state index contributed by atoms with van der Waals surface area (Å²) >= 11 is 0. The molecule has 0 radical (unpaired) electrons. The zero-order chi connectivity index (χ0) is 23.0. The van der Waals surface area contributed by atoms with Crippen molar-refractivity contribution in [2.45, 2.75) is 44.9 Å². The minimum absolute atomic E-state index is 0.0561. The fraction of sp³-hybridized carbons (Fsp3) is 0.500. The molecule has 2 aromatic rings. The molecule has 5 heteroatoms. The van der Waals surface area contributed by atoms with Crippen molar-refractivity contribution < 1.29 is 14.3 Å². The van der Waals surface area contributed by atoms with E-state index in [1.807, 2.05) is 29.2 Å². The molecule has 2 aliphatic heterocycles. The highest BCUT2D eigenvalue weighted by Crippen LogP contribution is 2.26. The predicted octanol–water partition coefficient (Wildman–Crippen LogP) is 4.35. The fourth-order valence-electron chi connectivity index (χ4n) is 5.10. The summed E-state index contributed by atoms with van der Waals surface area (Å²) in [6.07, 6.45) is 6.45. The summed E-state index contributed by atoms with van der Waals surface area (Å²) in [5.41, 5.74) is 2.58. The summed E-state index contributed by atoms with van der Waals surface area (Å²) in [5.74, 6) is 1.90. The molecule has 33 heavy (non-hydrogen) atoms. The Balaban J connectivity index is 1.23. The number of nitrogens with zero attached hydrogens (tertiary/aromatic N) is 2. The van der Waals surface area contributed by atoms with Gasteiger partial charge in [0.15, 0.2) is 0 Å². The number of hydrogen-bond donors (Lipinski definition) is 0. The molecule has 2 heterocycles. The molecule has 2 aromatic carbocycles. The third-order valence-electron chi connectivity index (χ3n) is 7.29. The Labute approximate surface area is 197 Å². The molecule has 4 rings (SSSR count).